The van der Waals surface area contributed by atoms with Crippen LogP contribution in [0.1, 0.15) is 66.7 Å². The molecule has 1 atom stereocenters. The number of nitrogens with one attached hydrogen (secondary N) is 1. The number of hydrogen-bond acceptors (Lipinski definition) is 4. The second-order valence-electron chi connectivity index (χ2n) is 8.52. The number of hydrogen-bond donors (Lipinski definition) is 1. The number of carbonyl (C=O) groups excluding carboxylic acids is 1. The summed E-state index contributed by atoms with van der Waals surface area (Å²) in [6, 6.07) is 0.0745. The van der Waals surface area contributed by atoms with Crippen molar-refractivity contribution in [1.82, 2.24) is 10.2 Å². The molecule has 1 N–H and O–H groups in total. The van der Waals surface area contributed by atoms with Gasteiger partial charge in [0.05, 0.1) is 18.2 Å². The Morgan fingerprint density at radius 2 is 1.92 bits per heavy atom. The summed E-state index contributed by atoms with van der Waals surface area (Å²) in [5.74, 6) is 0.810. The van der Waals surface area contributed by atoms with E-state index in [-0.39, 0.29) is 17.7 Å². The lowest BCUT2D eigenvalue weighted by Gasteiger charge is -2.39. The van der Waals surface area contributed by atoms with E-state index in [1.54, 1.807) is 0 Å². The third kappa shape index (κ3) is 5.62. The van der Waals surface area contributed by atoms with E-state index >= 15 is 0 Å². The fourth-order valence-corrected chi connectivity index (χ4v) is 3.81. The van der Waals surface area contributed by atoms with E-state index in [0.29, 0.717) is 6.61 Å². The average molecular weight is 341 g/mol. The standard InChI is InChI=1S/C19H36N2O3/c1-6-15(7-2)13-21-10-8-19(9-11-21)12-16(14-23-19)20-17(22)24-18(3,4)5/h15-16H,6-14H2,1-5H3,(H,20,22)/t16-/m0/s1. The van der Waals surface area contributed by atoms with E-state index in [2.05, 4.69) is 24.1 Å². The summed E-state index contributed by atoms with van der Waals surface area (Å²) in [5, 5.41) is 2.97. The van der Waals surface area contributed by atoms with Crippen molar-refractivity contribution in [3.63, 3.8) is 0 Å². The maximum absolute atomic E-state index is 11.9. The fraction of sp³-hybridized carbons (Fsp3) is 0.947. The van der Waals surface area contributed by atoms with Crippen molar-refractivity contribution in [2.45, 2.75) is 84.0 Å². The van der Waals surface area contributed by atoms with Crippen LogP contribution >= 0.6 is 0 Å². The number of nitrogens with zero attached hydrogens (tertiary/aromatic N) is 1. The van der Waals surface area contributed by atoms with Gasteiger partial charge in [-0.2, -0.15) is 0 Å². The summed E-state index contributed by atoms with van der Waals surface area (Å²) in [6.45, 7) is 14.2. The van der Waals surface area contributed by atoms with Crippen LogP contribution in [0.4, 0.5) is 4.79 Å². The molecule has 2 aliphatic rings. The summed E-state index contributed by atoms with van der Waals surface area (Å²) in [6.07, 6.45) is 5.23. The number of piperidine rings is 1. The molecule has 5 nitrogen and oxygen atoms in total. The first-order valence-corrected chi connectivity index (χ1v) is 9.61. The lowest BCUT2D eigenvalue weighted by molar-refractivity contribution is -0.0458. The van der Waals surface area contributed by atoms with E-state index in [1.165, 1.54) is 19.4 Å². The van der Waals surface area contributed by atoms with Crippen LogP contribution in [0.25, 0.3) is 0 Å². The minimum Gasteiger partial charge on any atom is -0.444 e. The molecule has 0 unspecified atom stereocenters. The zero-order valence-corrected chi connectivity index (χ0v) is 16.2. The molecule has 5 heteroatoms. The first kappa shape index (κ1) is 19.5. The molecule has 0 aromatic heterocycles. The molecule has 1 spiro atoms. The van der Waals surface area contributed by atoms with E-state index < -0.39 is 5.60 Å². The quantitative estimate of drug-likeness (QED) is 0.831. The number of carbonyl (C=O) groups is 1. The molecule has 2 heterocycles. The van der Waals surface area contributed by atoms with Gasteiger partial charge in [0.15, 0.2) is 0 Å². The van der Waals surface area contributed by atoms with Crippen LogP contribution in [0.2, 0.25) is 0 Å². The van der Waals surface area contributed by atoms with Crippen molar-refractivity contribution in [1.29, 1.82) is 0 Å². The summed E-state index contributed by atoms with van der Waals surface area (Å²) in [7, 11) is 0. The largest absolute Gasteiger partial charge is 0.444 e. The molecule has 0 saturated carbocycles. The monoisotopic (exact) mass is 340 g/mol. The average Bonchev–Trinajstić information content (AvgIpc) is 2.87. The van der Waals surface area contributed by atoms with Gasteiger partial charge in [-0.3, -0.25) is 0 Å². The number of ether oxygens (including phenoxy) is 2. The molecule has 0 aliphatic carbocycles. The Balaban J connectivity index is 1.76. The zero-order chi connectivity index (χ0) is 17.8. The van der Waals surface area contributed by atoms with Gasteiger partial charge in [-0.05, 0) is 46.0 Å². The molecule has 2 aliphatic heterocycles. The van der Waals surface area contributed by atoms with Gasteiger partial charge in [-0.1, -0.05) is 26.7 Å². The molecule has 0 aromatic rings. The third-order valence-electron chi connectivity index (χ3n) is 5.37. The lowest BCUT2D eigenvalue weighted by Crippen LogP contribution is -2.46. The molecule has 0 bridgehead atoms. The highest BCUT2D eigenvalue weighted by Crippen LogP contribution is 2.36. The first-order chi connectivity index (χ1) is 11.3. The second kappa shape index (κ2) is 8.05. The van der Waals surface area contributed by atoms with Crippen molar-refractivity contribution in [3.8, 4) is 0 Å². The van der Waals surface area contributed by atoms with Gasteiger partial charge in [0.25, 0.3) is 0 Å². The van der Waals surface area contributed by atoms with Gasteiger partial charge < -0.3 is 19.7 Å². The lowest BCUT2D eigenvalue weighted by atomic mass is 9.87. The van der Waals surface area contributed by atoms with Crippen LogP contribution < -0.4 is 5.32 Å². The van der Waals surface area contributed by atoms with Crippen LogP contribution in [0.5, 0.6) is 0 Å². The van der Waals surface area contributed by atoms with Crippen molar-refractivity contribution >= 4 is 6.09 Å². The van der Waals surface area contributed by atoms with E-state index in [0.717, 1.165) is 38.3 Å². The number of likely N-dealkylation sites (tertiary alicyclic amines) is 1. The SMILES string of the molecule is CCC(CC)CN1CCC2(CC1)C[C@H](NC(=O)OC(C)(C)C)CO2. The fourth-order valence-electron chi connectivity index (χ4n) is 3.81. The van der Waals surface area contributed by atoms with Crippen molar-refractivity contribution < 1.29 is 14.3 Å². The molecule has 0 radical (unpaired) electrons. The van der Waals surface area contributed by atoms with Crippen LogP contribution in [-0.2, 0) is 9.47 Å². The maximum Gasteiger partial charge on any atom is 0.407 e. The summed E-state index contributed by atoms with van der Waals surface area (Å²) >= 11 is 0. The number of rotatable bonds is 5. The molecule has 1 amide bonds. The smallest absolute Gasteiger partial charge is 0.407 e. The normalized spacial score (nSPS) is 24.5. The Labute approximate surface area is 147 Å². The van der Waals surface area contributed by atoms with E-state index in [1.807, 2.05) is 20.8 Å². The number of amides is 1. The minimum absolute atomic E-state index is 0.0376. The van der Waals surface area contributed by atoms with Gasteiger partial charge in [-0.15, -0.1) is 0 Å². The summed E-state index contributed by atoms with van der Waals surface area (Å²) in [5.41, 5.74) is -0.494. The molecule has 0 aromatic carbocycles. The highest BCUT2D eigenvalue weighted by atomic mass is 16.6. The maximum atomic E-state index is 11.9. The van der Waals surface area contributed by atoms with Gasteiger partial charge in [-0.25, -0.2) is 4.79 Å². The van der Waals surface area contributed by atoms with Crippen LogP contribution in [0, 0.1) is 5.92 Å². The molecule has 2 rings (SSSR count). The Morgan fingerprint density at radius 1 is 1.29 bits per heavy atom. The highest BCUT2D eigenvalue weighted by molar-refractivity contribution is 5.68. The van der Waals surface area contributed by atoms with Crippen LogP contribution in [-0.4, -0.2) is 54.5 Å². The molecule has 2 saturated heterocycles. The third-order valence-corrected chi connectivity index (χ3v) is 5.37. The van der Waals surface area contributed by atoms with Gasteiger partial charge in [0, 0.05) is 19.6 Å². The number of alkyl carbamates (subject to hydrolysis) is 1. The van der Waals surface area contributed by atoms with Crippen LogP contribution in [0.3, 0.4) is 0 Å². The predicted octanol–water partition coefficient (Wildman–Crippen LogP) is 3.57. The second-order valence-corrected chi connectivity index (χ2v) is 8.52. The molecular weight excluding hydrogens is 304 g/mol. The Hall–Kier alpha value is -0.810. The molecule has 24 heavy (non-hydrogen) atoms. The van der Waals surface area contributed by atoms with E-state index in [9.17, 15) is 4.79 Å². The topological polar surface area (TPSA) is 50.8 Å². The van der Waals surface area contributed by atoms with Crippen molar-refractivity contribution in [2.24, 2.45) is 5.92 Å². The van der Waals surface area contributed by atoms with Crippen molar-refractivity contribution in [2.75, 3.05) is 26.2 Å². The first-order valence-electron chi connectivity index (χ1n) is 9.61. The summed E-state index contributed by atoms with van der Waals surface area (Å²) in [4.78, 5) is 14.5. The summed E-state index contributed by atoms with van der Waals surface area (Å²) < 4.78 is 11.5. The highest BCUT2D eigenvalue weighted by Gasteiger charge is 2.43. The molecular formula is C19H36N2O3. The minimum atomic E-state index is -0.457. The van der Waals surface area contributed by atoms with Crippen LogP contribution in [0.15, 0.2) is 0 Å². The molecule has 2 fully saturated rings. The Morgan fingerprint density at radius 3 is 2.46 bits per heavy atom. The van der Waals surface area contributed by atoms with Crippen molar-refractivity contribution in [3.05, 3.63) is 0 Å². The van der Waals surface area contributed by atoms with Gasteiger partial charge in [0.1, 0.15) is 5.60 Å². The predicted molar refractivity (Wildman–Crippen MR) is 96.2 cm³/mol. The van der Waals surface area contributed by atoms with E-state index in [4.69, 9.17) is 9.47 Å². The molecule has 140 valence electrons. The van der Waals surface area contributed by atoms with Gasteiger partial charge >= 0.3 is 6.09 Å². The zero-order valence-electron chi connectivity index (χ0n) is 16.2. The van der Waals surface area contributed by atoms with Gasteiger partial charge in [0.2, 0.25) is 0 Å². The Bertz CT molecular complexity index is 407. The Kier molecular flexibility index (Phi) is 6.54.